The van der Waals surface area contributed by atoms with Gasteiger partial charge in [0.1, 0.15) is 5.00 Å². The van der Waals surface area contributed by atoms with E-state index in [1.165, 1.54) is 66.0 Å². The number of nitrogens with zero attached hydrogens (tertiary/aromatic N) is 1. The molecule has 0 aliphatic heterocycles. The zero-order valence-electron chi connectivity index (χ0n) is 24.0. The monoisotopic (exact) mass is 701 g/mol. The predicted molar refractivity (Wildman–Crippen MR) is 199 cm³/mol. The van der Waals surface area contributed by atoms with E-state index in [0.29, 0.717) is 15.8 Å². The second-order valence-electron chi connectivity index (χ2n) is 10.7. The first-order valence-electron chi connectivity index (χ1n) is 13.8. The number of hydrogen-bond donors (Lipinski definition) is 0. The van der Waals surface area contributed by atoms with Crippen molar-refractivity contribution in [2.45, 2.75) is 27.7 Å². The molecule has 0 radical (unpaired) electrons. The summed E-state index contributed by atoms with van der Waals surface area (Å²) in [5.41, 5.74) is 2.05. The van der Waals surface area contributed by atoms with Crippen LogP contribution in [0.1, 0.15) is 20.9 Å². The van der Waals surface area contributed by atoms with Crippen LogP contribution >= 0.6 is 79.4 Å². The Morgan fingerprint density at radius 1 is 0.545 bits per heavy atom. The summed E-state index contributed by atoms with van der Waals surface area (Å²) in [6, 6.07) is 21.1. The Morgan fingerprint density at radius 2 is 1.14 bits per heavy atom. The van der Waals surface area contributed by atoms with Crippen LogP contribution in [0.2, 0.25) is 0 Å². The van der Waals surface area contributed by atoms with Gasteiger partial charge in [0.15, 0.2) is 0 Å². The highest BCUT2D eigenvalue weighted by Crippen LogP contribution is 2.47. The van der Waals surface area contributed by atoms with Crippen LogP contribution in [-0.4, -0.2) is 4.57 Å². The molecular formula is C34H23NO2S7. The smallest absolute Gasteiger partial charge is 0.267 e. The minimum absolute atomic E-state index is 0.247. The van der Waals surface area contributed by atoms with Gasteiger partial charge in [0.05, 0.1) is 20.2 Å². The highest BCUT2D eigenvalue weighted by atomic mass is 32.1. The largest absolute Gasteiger partial charge is 0.268 e. The molecule has 0 aliphatic rings. The van der Waals surface area contributed by atoms with E-state index in [9.17, 15) is 9.59 Å². The summed E-state index contributed by atoms with van der Waals surface area (Å²) in [7, 11) is 0. The summed E-state index contributed by atoms with van der Waals surface area (Å²) in [5, 5.41) is 3.76. The van der Waals surface area contributed by atoms with Crippen LogP contribution in [0, 0.1) is 27.7 Å². The molecule has 0 bridgehead atoms. The fraction of sp³-hybridized carbons (Fsp3) is 0.118. The van der Waals surface area contributed by atoms with Gasteiger partial charge >= 0.3 is 0 Å². The van der Waals surface area contributed by atoms with Crippen LogP contribution in [0.15, 0.2) is 75.6 Å². The van der Waals surface area contributed by atoms with Crippen molar-refractivity contribution in [2.24, 2.45) is 0 Å². The summed E-state index contributed by atoms with van der Waals surface area (Å²) in [6.45, 7) is 8.53. The summed E-state index contributed by atoms with van der Waals surface area (Å²) in [5.74, 6) is 0. The van der Waals surface area contributed by atoms with Crippen molar-refractivity contribution in [1.29, 1.82) is 0 Å². The van der Waals surface area contributed by atoms with Gasteiger partial charge in [-0.25, -0.2) is 4.57 Å². The zero-order chi connectivity index (χ0) is 30.3. The van der Waals surface area contributed by atoms with Gasteiger partial charge in [-0.2, -0.15) is 0 Å². The first kappa shape index (κ1) is 28.5. The quantitative estimate of drug-likeness (QED) is 0.179. The molecule has 0 fully saturated rings. The summed E-state index contributed by atoms with van der Waals surface area (Å²) in [6.07, 6.45) is 0. The van der Waals surface area contributed by atoms with E-state index in [2.05, 4.69) is 57.2 Å². The lowest BCUT2D eigenvalue weighted by Crippen LogP contribution is -2.27. The van der Waals surface area contributed by atoms with Gasteiger partial charge in [-0.3, -0.25) is 9.59 Å². The van der Waals surface area contributed by atoms with Crippen molar-refractivity contribution in [3.05, 3.63) is 108 Å². The molecule has 0 amide bonds. The molecule has 0 spiro atoms. The molecule has 218 valence electrons. The maximum Gasteiger partial charge on any atom is 0.267 e. The van der Waals surface area contributed by atoms with Gasteiger partial charge in [-0.1, -0.05) is 0 Å². The van der Waals surface area contributed by atoms with E-state index in [1.807, 2.05) is 70.6 Å². The lowest BCUT2D eigenvalue weighted by atomic mass is 10.2. The normalized spacial score (nSPS) is 11.8. The summed E-state index contributed by atoms with van der Waals surface area (Å²) >= 11 is 11.9. The molecular weight excluding hydrogens is 679 g/mol. The Labute approximate surface area is 281 Å². The number of aromatic nitrogens is 1. The number of rotatable bonds is 5. The first-order valence-corrected chi connectivity index (χ1v) is 19.6. The number of thiophene rings is 7. The average molecular weight is 702 g/mol. The Hall–Kier alpha value is -2.96. The van der Waals surface area contributed by atoms with Gasteiger partial charge in [0, 0.05) is 48.8 Å². The molecule has 0 aliphatic carbocycles. The number of aryl methyl sites for hydroxylation is 4. The minimum atomic E-state index is -0.253. The molecule has 3 nitrogen and oxygen atoms in total. The van der Waals surface area contributed by atoms with Crippen LogP contribution in [0.3, 0.4) is 0 Å². The lowest BCUT2D eigenvalue weighted by molar-refractivity contribution is 0.999. The molecule has 0 saturated carbocycles. The van der Waals surface area contributed by atoms with Crippen molar-refractivity contribution >= 4 is 99.5 Å². The third-order valence-corrected chi connectivity index (χ3v) is 16.2. The molecule has 8 rings (SSSR count). The third-order valence-electron chi connectivity index (χ3n) is 7.64. The maximum atomic E-state index is 13.9. The highest BCUT2D eigenvalue weighted by molar-refractivity contribution is 7.32. The lowest BCUT2D eigenvalue weighted by Gasteiger charge is -1.97. The van der Waals surface area contributed by atoms with Gasteiger partial charge in [-0.05, 0) is 105 Å². The Kier molecular flexibility index (Phi) is 7.02. The van der Waals surface area contributed by atoms with Gasteiger partial charge in [-0.15, -0.1) is 79.4 Å². The fourth-order valence-electron chi connectivity index (χ4n) is 5.35. The fourth-order valence-corrected chi connectivity index (χ4v) is 13.0. The van der Waals surface area contributed by atoms with E-state index in [0.717, 1.165) is 19.2 Å². The summed E-state index contributed by atoms with van der Waals surface area (Å²) < 4.78 is 3.14. The number of hydrogen-bond acceptors (Lipinski definition) is 9. The molecule has 0 aromatic carbocycles. The van der Waals surface area contributed by atoms with Crippen molar-refractivity contribution in [1.82, 2.24) is 4.57 Å². The second-order valence-corrected chi connectivity index (χ2v) is 18.4. The topological polar surface area (TPSA) is 39.1 Å². The van der Waals surface area contributed by atoms with Crippen LogP contribution in [0.25, 0.3) is 64.2 Å². The molecule has 8 heterocycles. The van der Waals surface area contributed by atoms with E-state index in [1.54, 1.807) is 34.0 Å². The van der Waals surface area contributed by atoms with Crippen molar-refractivity contribution < 1.29 is 0 Å². The molecule has 0 saturated heterocycles. The van der Waals surface area contributed by atoms with E-state index < -0.39 is 0 Å². The van der Waals surface area contributed by atoms with Crippen molar-refractivity contribution in [2.75, 3.05) is 0 Å². The molecule has 0 N–H and O–H groups in total. The van der Waals surface area contributed by atoms with Crippen LogP contribution in [0.4, 0.5) is 0 Å². The van der Waals surface area contributed by atoms with E-state index >= 15 is 0 Å². The predicted octanol–water partition coefficient (Wildman–Crippen LogP) is 11.8. The summed E-state index contributed by atoms with van der Waals surface area (Å²) in [4.78, 5) is 39.9. The molecule has 8 aromatic rings. The van der Waals surface area contributed by atoms with Crippen molar-refractivity contribution in [3.63, 3.8) is 0 Å². The molecule has 44 heavy (non-hydrogen) atoms. The molecule has 0 atom stereocenters. The number of fused-ring (bicyclic) bond motifs is 3. The average Bonchev–Trinajstić information content (AvgIpc) is 3.83. The van der Waals surface area contributed by atoms with Gasteiger partial charge < -0.3 is 0 Å². The van der Waals surface area contributed by atoms with Gasteiger partial charge in [0.2, 0.25) is 0 Å². The van der Waals surface area contributed by atoms with E-state index in [4.69, 9.17) is 0 Å². The van der Waals surface area contributed by atoms with Crippen molar-refractivity contribution in [3.8, 4) is 44.0 Å². The third kappa shape index (κ3) is 4.67. The molecule has 8 aromatic heterocycles. The Morgan fingerprint density at radius 3 is 1.75 bits per heavy atom. The highest BCUT2D eigenvalue weighted by Gasteiger charge is 2.20. The molecule has 10 heteroatoms. The standard InChI is InChI=1S/C34H23NO2S7/c1-16-12-26(40-19(16)4)24-9-7-22(41-24)23-8-10-25(42-23)27-13-17(2)30(43-27)28-15-21-32(44-28)31-20(14-18(3)39-31)33(36)35(34(21)37)29-6-5-11-38-29/h5-15H,1-4H3. The SMILES string of the molecule is Cc1cc2c(=O)n(-c3cccs3)c(=O)c3cc(-c4sc(-c5ccc(-c6ccc(-c7cc(C)c(C)s7)s6)s5)cc4C)sc3c2s1. The van der Waals surface area contributed by atoms with Crippen LogP contribution < -0.4 is 11.1 Å². The Bertz CT molecular complexity index is 2470. The Balaban J connectivity index is 1.20. The van der Waals surface area contributed by atoms with Crippen LogP contribution in [0.5, 0.6) is 0 Å². The van der Waals surface area contributed by atoms with Gasteiger partial charge in [0.25, 0.3) is 11.1 Å². The minimum Gasteiger partial charge on any atom is -0.268 e. The second kappa shape index (κ2) is 10.8. The zero-order valence-corrected chi connectivity index (χ0v) is 29.7. The van der Waals surface area contributed by atoms with Crippen LogP contribution in [-0.2, 0) is 0 Å². The van der Waals surface area contributed by atoms with E-state index in [-0.39, 0.29) is 11.1 Å². The maximum absolute atomic E-state index is 13.9. The first-order chi connectivity index (χ1) is 21.2. The molecule has 0 unspecified atom stereocenters.